The van der Waals surface area contributed by atoms with Crippen molar-refractivity contribution >= 4 is 12.1 Å². The zero-order valence-corrected chi connectivity index (χ0v) is 13.0. The highest BCUT2D eigenvalue weighted by Gasteiger charge is 2.45. The molecule has 124 valence electrons. The maximum Gasteiger partial charge on any atom is 0.410 e. The SMILES string of the molecule is COC(=O)c1ccc(CN2CC3(CCNCC3)OC2=O)cc1O. The Labute approximate surface area is 134 Å². The van der Waals surface area contributed by atoms with Crippen LogP contribution in [0.15, 0.2) is 18.2 Å². The Kier molecular flexibility index (Phi) is 4.12. The van der Waals surface area contributed by atoms with E-state index in [0.717, 1.165) is 31.5 Å². The summed E-state index contributed by atoms with van der Waals surface area (Å²) in [5.41, 5.74) is 0.448. The van der Waals surface area contributed by atoms with Crippen molar-refractivity contribution in [3.63, 3.8) is 0 Å². The van der Waals surface area contributed by atoms with Gasteiger partial charge in [-0.1, -0.05) is 6.07 Å². The maximum atomic E-state index is 12.1. The first-order valence-electron chi connectivity index (χ1n) is 7.62. The molecule has 7 heteroatoms. The molecule has 1 aromatic carbocycles. The average molecular weight is 320 g/mol. The summed E-state index contributed by atoms with van der Waals surface area (Å²) in [5.74, 6) is -0.748. The molecule has 1 spiro atoms. The number of methoxy groups -OCH3 is 1. The average Bonchev–Trinajstić information content (AvgIpc) is 2.82. The Bertz CT molecular complexity index is 625. The van der Waals surface area contributed by atoms with Gasteiger partial charge in [0.25, 0.3) is 0 Å². The van der Waals surface area contributed by atoms with Crippen molar-refractivity contribution in [1.29, 1.82) is 0 Å². The van der Waals surface area contributed by atoms with Crippen LogP contribution in [0.2, 0.25) is 0 Å². The molecule has 0 bridgehead atoms. The number of nitrogens with zero attached hydrogens (tertiary/aromatic N) is 1. The summed E-state index contributed by atoms with van der Waals surface area (Å²) in [4.78, 5) is 25.2. The first-order chi connectivity index (χ1) is 11.0. The molecule has 0 aromatic heterocycles. The first kappa shape index (κ1) is 15.6. The van der Waals surface area contributed by atoms with Crippen LogP contribution in [0, 0.1) is 0 Å². The van der Waals surface area contributed by atoms with Gasteiger partial charge in [-0.05, 0) is 30.8 Å². The molecule has 2 heterocycles. The fourth-order valence-corrected chi connectivity index (χ4v) is 3.14. The number of hydrogen-bond donors (Lipinski definition) is 2. The van der Waals surface area contributed by atoms with Gasteiger partial charge in [0.15, 0.2) is 0 Å². The van der Waals surface area contributed by atoms with Crippen molar-refractivity contribution in [2.24, 2.45) is 0 Å². The lowest BCUT2D eigenvalue weighted by atomic mass is 9.92. The molecule has 2 saturated heterocycles. The van der Waals surface area contributed by atoms with Crippen molar-refractivity contribution < 1.29 is 24.2 Å². The predicted octanol–water partition coefficient (Wildman–Crippen LogP) is 1.25. The summed E-state index contributed by atoms with van der Waals surface area (Å²) in [6.07, 6.45) is 1.28. The molecule has 1 amide bonds. The number of aromatic hydroxyl groups is 1. The zero-order chi connectivity index (χ0) is 16.4. The number of hydrogen-bond acceptors (Lipinski definition) is 6. The molecule has 7 nitrogen and oxygen atoms in total. The standard InChI is InChI=1S/C16H20N2O5/c1-22-14(20)12-3-2-11(8-13(12)19)9-18-10-16(23-15(18)21)4-6-17-7-5-16/h2-3,8,17,19H,4-7,9-10H2,1H3. The normalized spacial score (nSPS) is 19.7. The molecular formula is C16H20N2O5. The third kappa shape index (κ3) is 3.10. The van der Waals surface area contributed by atoms with Crippen LogP contribution in [0.25, 0.3) is 0 Å². The van der Waals surface area contributed by atoms with E-state index in [0.29, 0.717) is 13.1 Å². The number of phenolic OH excluding ortho intramolecular Hbond substituents is 1. The number of phenols is 1. The number of esters is 1. The molecular weight excluding hydrogens is 300 g/mol. The minimum atomic E-state index is -0.594. The summed E-state index contributed by atoms with van der Waals surface area (Å²) >= 11 is 0. The minimum absolute atomic E-state index is 0.107. The lowest BCUT2D eigenvalue weighted by molar-refractivity contribution is 0.0316. The Morgan fingerprint density at radius 3 is 2.83 bits per heavy atom. The van der Waals surface area contributed by atoms with E-state index >= 15 is 0 Å². The van der Waals surface area contributed by atoms with Gasteiger partial charge in [0.05, 0.1) is 13.7 Å². The number of carbonyl (C=O) groups is 2. The smallest absolute Gasteiger partial charge is 0.410 e. The molecule has 0 aliphatic carbocycles. The lowest BCUT2D eigenvalue weighted by Crippen LogP contribution is -2.44. The number of ether oxygens (including phenoxy) is 2. The first-order valence-corrected chi connectivity index (χ1v) is 7.62. The van der Waals surface area contributed by atoms with Gasteiger partial charge in [0.2, 0.25) is 0 Å². The molecule has 0 radical (unpaired) electrons. The highest BCUT2D eigenvalue weighted by Crippen LogP contribution is 2.32. The summed E-state index contributed by atoms with van der Waals surface area (Å²) in [6.45, 7) is 2.57. The van der Waals surface area contributed by atoms with E-state index in [1.54, 1.807) is 11.0 Å². The number of piperidine rings is 1. The Morgan fingerprint density at radius 1 is 1.43 bits per heavy atom. The molecule has 0 atom stereocenters. The van der Waals surface area contributed by atoms with E-state index in [2.05, 4.69) is 10.1 Å². The molecule has 2 aliphatic rings. The van der Waals surface area contributed by atoms with E-state index in [-0.39, 0.29) is 17.4 Å². The van der Waals surface area contributed by atoms with Gasteiger partial charge in [0.1, 0.15) is 16.9 Å². The fraction of sp³-hybridized carbons (Fsp3) is 0.500. The molecule has 2 aliphatic heterocycles. The highest BCUT2D eigenvalue weighted by molar-refractivity contribution is 5.92. The third-order valence-electron chi connectivity index (χ3n) is 4.40. The van der Waals surface area contributed by atoms with Gasteiger partial charge in [-0.2, -0.15) is 0 Å². The molecule has 23 heavy (non-hydrogen) atoms. The Balaban J connectivity index is 1.71. The van der Waals surface area contributed by atoms with Gasteiger partial charge < -0.3 is 19.9 Å². The van der Waals surface area contributed by atoms with Crippen LogP contribution in [-0.2, 0) is 16.0 Å². The summed E-state index contributed by atoms with van der Waals surface area (Å²) < 4.78 is 10.2. The molecule has 0 unspecified atom stereocenters. The largest absolute Gasteiger partial charge is 0.507 e. The summed E-state index contributed by atoms with van der Waals surface area (Å²) in [6, 6.07) is 4.68. The van der Waals surface area contributed by atoms with Crippen LogP contribution >= 0.6 is 0 Å². The molecule has 3 rings (SSSR count). The fourth-order valence-electron chi connectivity index (χ4n) is 3.14. The van der Waals surface area contributed by atoms with Crippen molar-refractivity contribution in [2.45, 2.75) is 25.0 Å². The second-order valence-corrected chi connectivity index (χ2v) is 6.00. The van der Waals surface area contributed by atoms with Gasteiger partial charge in [0, 0.05) is 19.4 Å². The topological polar surface area (TPSA) is 88.1 Å². The van der Waals surface area contributed by atoms with Crippen LogP contribution in [0.1, 0.15) is 28.8 Å². The molecule has 2 N–H and O–H groups in total. The number of nitrogens with one attached hydrogen (secondary N) is 1. The van der Waals surface area contributed by atoms with Gasteiger partial charge in [-0.25, -0.2) is 9.59 Å². The number of carbonyl (C=O) groups excluding carboxylic acids is 2. The predicted molar refractivity (Wildman–Crippen MR) is 81.2 cm³/mol. The van der Waals surface area contributed by atoms with Crippen molar-refractivity contribution in [2.75, 3.05) is 26.7 Å². The van der Waals surface area contributed by atoms with Gasteiger partial charge in [-0.3, -0.25) is 4.90 Å². The van der Waals surface area contributed by atoms with Crippen molar-refractivity contribution in [1.82, 2.24) is 10.2 Å². The van der Waals surface area contributed by atoms with E-state index in [1.165, 1.54) is 19.2 Å². The lowest BCUT2D eigenvalue weighted by Gasteiger charge is -2.31. The molecule has 1 aromatic rings. The summed E-state index contributed by atoms with van der Waals surface area (Å²) in [5, 5.41) is 13.2. The van der Waals surface area contributed by atoms with E-state index < -0.39 is 11.6 Å². The highest BCUT2D eigenvalue weighted by atomic mass is 16.6. The Morgan fingerprint density at radius 2 is 2.17 bits per heavy atom. The van der Waals surface area contributed by atoms with Crippen LogP contribution < -0.4 is 5.32 Å². The number of benzene rings is 1. The van der Waals surface area contributed by atoms with Crippen molar-refractivity contribution in [3.8, 4) is 5.75 Å². The van der Waals surface area contributed by atoms with Crippen LogP contribution in [-0.4, -0.2) is 54.4 Å². The van der Waals surface area contributed by atoms with Crippen molar-refractivity contribution in [3.05, 3.63) is 29.3 Å². The monoisotopic (exact) mass is 320 g/mol. The van der Waals surface area contributed by atoms with Crippen LogP contribution in [0.4, 0.5) is 4.79 Å². The van der Waals surface area contributed by atoms with Crippen LogP contribution in [0.5, 0.6) is 5.75 Å². The van der Waals surface area contributed by atoms with Gasteiger partial charge in [-0.15, -0.1) is 0 Å². The second-order valence-electron chi connectivity index (χ2n) is 6.00. The quantitative estimate of drug-likeness (QED) is 0.815. The third-order valence-corrected chi connectivity index (χ3v) is 4.40. The summed E-state index contributed by atoms with van der Waals surface area (Å²) in [7, 11) is 1.26. The Hall–Kier alpha value is -2.28. The van der Waals surface area contributed by atoms with E-state index in [1.807, 2.05) is 0 Å². The number of rotatable bonds is 3. The van der Waals surface area contributed by atoms with Gasteiger partial charge >= 0.3 is 12.1 Å². The maximum absolute atomic E-state index is 12.1. The minimum Gasteiger partial charge on any atom is -0.507 e. The zero-order valence-electron chi connectivity index (χ0n) is 13.0. The molecule has 0 saturated carbocycles. The number of amides is 1. The van der Waals surface area contributed by atoms with Crippen LogP contribution in [0.3, 0.4) is 0 Å². The second kappa shape index (κ2) is 6.08. The molecule has 2 fully saturated rings. The van der Waals surface area contributed by atoms with E-state index in [4.69, 9.17) is 4.74 Å². The van der Waals surface area contributed by atoms with E-state index in [9.17, 15) is 14.7 Å².